The van der Waals surface area contributed by atoms with Crippen LogP contribution in [0.2, 0.25) is 0 Å². The van der Waals surface area contributed by atoms with Crippen molar-refractivity contribution in [1.82, 2.24) is 10.6 Å². The van der Waals surface area contributed by atoms with Gasteiger partial charge in [-0.25, -0.2) is 0 Å². The number of thioether (sulfide) groups is 4. The number of nitrogens with one attached hydrogen (secondary N) is 2. The number of rotatable bonds is 32. The van der Waals surface area contributed by atoms with Crippen LogP contribution in [0.1, 0.15) is 44.9 Å². The van der Waals surface area contributed by atoms with Gasteiger partial charge < -0.3 is 145 Å². The molecule has 29 nitrogen and oxygen atoms in total. The SMILES string of the molecule is OCC1O[C@@H]2OCCCCCC3C(CSCCNC(=S)NCC(COCCCS[C@H]4OC(CO)[C@@H](O)[C@H](O)C4O)(COCCCS[C@@H]4OC(CO)[C@@H](O)[C@H](O)C4O)COCCCS[C@@H]4OC(CO)[C@@H](O)[C@H](O)C4O)O[C@H](OC1[C@H](O)C2O)C(O)[C@H]3O. The average molecular weight is 1340 g/mol. The number of aliphatic hydroxyl groups is 17. The first-order chi connectivity index (χ1) is 41.3. The van der Waals surface area contributed by atoms with Crippen molar-refractivity contribution in [3.8, 4) is 0 Å². The number of hydrogen-bond acceptors (Lipinski definition) is 32. The van der Waals surface area contributed by atoms with E-state index >= 15 is 0 Å². The summed E-state index contributed by atoms with van der Waals surface area (Å²) in [6.45, 7) is -0.808. The van der Waals surface area contributed by atoms with Gasteiger partial charge in [-0.3, -0.25) is 0 Å². The minimum atomic E-state index is -1.57. The Bertz CT molecular complexity index is 1780. The van der Waals surface area contributed by atoms with E-state index in [1.54, 1.807) is 0 Å². The highest BCUT2D eigenvalue weighted by Gasteiger charge is 2.52. The van der Waals surface area contributed by atoms with E-state index in [-0.39, 0.29) is 57.9 Å². The van der Waals surface area contributed by atoms with E-state index in [1.807, 2.05) is 0 Å². The maximum atomic E-state index is 11.4. The number of aliphatic hydroxyl groups excluding tert-OH is 17. The van der Waals surface area contributed by atoms with Gasteiger partial charge in [-0.2, -0.15) is 11.8 Å². The van der Waals surface area contributed by atoms with Gasteiger partial charge in [0.25, 0.3) is 0 Å². The molecule has 0 aromatic carbocycles. The Hall–Kier alpha value is 0.01000. The maximum absolute atomic E-state index is 11.4. The van der Waals surface area contributed by atoms with Crippen LogP contribution in [-0.2, 0) is 47.4 Å². The second-order valence-electron chi connectivity index (χ2n) is 22.3. The molecule has 0 aromatic rings. The molecular weight excluding hydrogens is 1240 g/mol. The molecule has 0 amide bonds. The minimum absolute atomic E-state index is 0.0541. The lowest BCUT2D eigenvalue weighted by Crippen LogP contribution is -2.63. The first kappa shape index (κ1) is 75.0. The Morgan fingerprint density at radius 1 is 0.453 bits per heavy atom. The summed E-state index contributed by atoms with van der Waals surface area (Å²) in [6, 6.07) is 0. The normalized spacial score (nSPS) is 40.6. The van der Waals surface area contributed by atoms with Crippen LogP contribution in [-0.4, -0.2) is 351 Å². The largest absolute Gasteiger partial charge is 0.394 e. The van der Waals surface area contributed by atoms with Crippen molar-refractivity contribution in [3.05, 3.63) is 0 Å². The highest BCUT2D eigenvalue weighted by molar-refractivity contribution is 8.00. The second-order valence-corrected chi connectivity index (χ2v) is 27.5. The molecule has 4 bridgehead atoms. The van der Waals surface area contributed by atoms with Crippen molar-refractivity contribution in [2.45, 2.75) is 190 Å². The fourth-order valence-electron chi connectivity index (χ4n) is 10.6. The lowest BCUT2D eigenvalue weighted by atomic mass is 9.85. The summed E-state index contributed by atoms with van der Waals surface area (Å²) >= 11 is 10.8. The maximum Gasteiger partial charge on any atom is 0.186 e. The van der Waals surface area contributed by atoms with Crippen LogP contribution in [0.5, 0.6) is 0 Å². The standard InChI is InChI=1S/C52H94N2O27S5/c55-17-27-33(60)36(63)42(69)48(78-27)84-13-4-9-72-23-52(24-73-10-5-14-85-49-43(70)37(64)34(61)28(18-56)79-49,25-74-11-6-15-86-50-44(71)38(65)35(62)29(19-57)80-50)22-54-51(82)53-8-16-83-21-31-26-7-2-1-3-12-75-46-41(68)39(66)45(30(20-58)76-46)81-47(77-31)40(67)32(26)59/h26-50,55-71H,1-25H2,(H2,53,54,82)/t26?,27?,28?,29?,30?,31?,32-,33+,34+,35+,36-,37-,38-,39+,40?,41?,42?,43?,44?,45?,46-,47+,48-,49-,50+,52?/m0/s1. The van der Waals surface area contributed by atoms with E-state index in [1.165, 1.54) is 47.0 Å². The molecule has 0 aliphatic carbocycles. The molecule has 9 rings (SSSR count). The van der Waals surface area contributed by atoms with Gasteiger partial charge in [0.05, 0.1) is 63.9 Å². The molecule has 12 unspecified atom stereocenters. The topological polar surface area (TPSA) is 460 Å². The molecule has 9 aliphatic heterocycles. The zero-order valence-electron chi connectivity index (χ0n) is 47.8. The molecule has 0 aromatic heterocycles. The first-order valence-electron chi connectivity index (χ1n) is 29.3. The molecule has 0 saturated carbocycles. The van der Waals surface area contributed by atoms with Crippen LogP contribution in [0, 0.1) is 11.3 Å². The molecule has 25 atom stereocenters. The third-order valence-electron chi connectivity index (χ3n) is 15.8. The van der Waals surface area contributed by atoms with Crippen LogP contribution in [0.25, 0.3) is 0 Å². The highest BCUT2D eigenvalue weighted by atomic mass is 32.2. The lowest BCUT2D eigenvalue weighted by molar-refractivity contribution is -0.353. The third kappa shape index (κ3) is 21.3. The predicted octanol–water partition coefficient (Wildman–Crippen LogP) is -6.53. The zero-order chi connectivity index (χ0) is 62.5. The van der Waals surface area contributed by atoms with Crippen molar-refractivity contribution in [3.63, 3.8) is 0 Å². The summed E-state index contributed by atoms with van der Waals surface area (Å²) in [6.07, 6.45) is -24.3. The molecular formula is C52H94N2O27S5. The second kappa shape index (κ2) is 38.4. The van der Waals surface area contributed by atoms with Crippen LogP contribution >= 0.6 is 59.3 Å². The van der Waals surface area contributed by atoms with Crippen molar-refractivity contribution >= 4 is 64.4 Å². The molecule has 0 spiro atoms. The summed E-state index contributed by atoms with van der Waals surface area (Å²) in [5.41, 5.74) is -3.74. The average Bonchev–Trinajstić information content (AvgIpc) is 1.50. The summed E-state index contributed by atoms with van der Waals surface area (Å²) < 4.78 is 59.6. The van der Waals surface area contributed by atoms with Crippen LogP contribution in [0.3, 0.4) is 0 Å². The van der Waals surface area contributed by atoms with E-state index in [9.17, 15) is 86.8 Å². The molecule has 9 aliphatic rings. The monoisotopic (exact) mass is 1340 g/mol. The Kier molecular flexibility index (Phi) is 33.5. The first-order valence-corrected chi connectivity index (χ1v) is 34.0. The van der Waals surface area contributed by atoms with Crippen molar-refractivity contribution in [2.75, 3.05) is 115 Å². The molecule has 9 fully saturated rings. The van der Waals surface area contributed by atoms with Gasteiger partial charge >= 0.3 is 0 Å². The van der Waals surface area contributed by atoms with Gasteiger partial charge in [-0.05, 0) is 61.6 Å². The van der Waals surface area contributed by atoms with Crippen LogP contribution < -0.4 is 10.6 Å². The van der Waals surface area contributed by atoms with Gasteiger partial charge in [0.2, 0.25) is 0 Å². The van der Waals surface area contributed by atoms with Gasteiger partial charge in [-0.15, -0.1) is 35.3 Å². The zero-order valence-corrected chi connectivity index (χ0v) is 51.9. The van der Waals surface area contributed by atoms with Gasteiger partial charge in [0.1, 0.15) is 120 Å². The highest BCUT2D eigenvalue weighted by Crippen LogP contribution is 2.37. The molecule has 9 saturated heterocycles. The van der Waals surface area contributed by atoms with Gasteiger partial charge in [0.15, 0.2) is 17.7 Å². The smallest absolute Gasteiger partial charge is 0.186 e. The van der Waals surface area contributed by atoms with Crippen LogP contribution in [0.4, 0.5) is 0 Å². The van der Waals surface area contributed by atoms with Crippen molar-refractivity contribution < 1.29 is 134 Å². The fraction of sp³-hybridized carbons (Fsp3) is 0.981. The van der Waals surface area contributed by atoms with E-state index < -0.39 is 183 Å². The third-order valence-corrected chi connectivity index (χ3v) is 20.9. The number of hydrogen-bond donors (Lipinski definition) is 19. The molecule has 86 heavy (non-hydrogen) atoms. The molecule has 9 heterocycles. The lowest BCUT2D eigenvalue weighted by Gasteiger charge is -2.47. The summed E-state index contributed by atoms with van der Waals surface area (Å²) in [5, 5.41) is 184. The Labute approximate surface area is 522 Å². The van der Waals surface area contributed by atoms with E-state index in [2.05, 4.69) is 10.6 Å². The molecule has 504 valence electrons. The predicted molar refractivity (Wildman–Crippen MR) is 315 cm³/mol. The van der Waals surface area contributed by atoms with Crippen molar-refractivity contribution in [2.24, 2.45) is 11.3 Å². The van der Waals surface area contributed by atoms with E-state index in [4.69, 9.17) is 59.6 Å². The number of ether oxygens (including phenoxy) is 10. The molecule has 0 radical (unpaired) electrons. The summed E-state index contributed by atoms with van der Waals surface area (Å²) in [7, 11) is 0. The Morgan fingerprint density at radius 2 is 0.907 bits per heavy atom. The number of thiocarbonyl (C=S) groups is 1. The van der Waals surface area contributed by atoms with E-state index in [0.717, 1.165) is 0 Å². The van der Waals surface area contributed by atoms with Crippen LogP contribution in [0.15, 0.2) is 0 Å². The minimum Gasteiger partial charge on any atom is -0.394 e. The molecule has 34 heteroatoms. The van der Waals surface area contributed by atoms with Crippen molar-refractivity contribution in [1.29, 1.82) is 0 Å². The Morgan fingerprint density at radius 3 is 1.37 bits per heavy atom. The molecule has 19 N–H and O–H groups in total. The quantitative estimate of drug-likeness (QED) is 0.0220. The van der Waals surface area contributed by atoms with Gasteiger partial charge in [0, 0.05) is 56.9 Å². The van der Waals surface area contributed by atoms with Gasteiger partial charge in [-0.1, -0.05) is 12.8 Å². The fourth-order valence-corrected chi connectivity index (χ4v) is 15.0. The van der Waals surface area contributed by atoms with E-state index in [0.29, 0.717) is 80.3 Å². The Balaban J connectivity index is 1.07. The summed E-state index contributed by atoms with van der Waals surface area (Å²) in [5.74, 6) is 1.54. The summed E-state index contributed by atoms with van der Waals surface area (Å²) in [4.78, 5) is 0.